The van der Waals surface area contributed by atoms with Crippen molar-refractivity contribution in [3.8, 4) is 0 Å². The quantitative estimate of drug-likeness (QED) is 0.651. The average molecular weight is 295 g/mol. The van der Waals surface area contributed by atoms with E-state index in [1.807, 2.05) is 17.4 Å². The lowest BCUT2D eigenvalue weighted by Gasteiger charge is -2.19. The normalized spacial score (nSPS) is 11.5. The first-order valence-corrected chi connectivity index (χ1v) is 8.50. The molecule has 0 aliphatic carbocycles. The zero-order chi connectivity index (χ0) is 15.0. The van der Waals surface area contributed by atoms with E-state index < -0.39 is 0 Å². The van der Waals surface area contributed by atoms with Gasteiger partial charge in [0.2, 0.25) is 0 Å². The van der Waals surface area contributed by atoms with Crippen molar-refractivity contribution in [2.45, 2.75) is 47.2 Å². The summed E-state index contributed by atoms with van der Waals surface area (Å²) in [5, 5.41) is 3.53. The molecule has 3 heteroatoms. The molecule has 0 amide bonds. The molecule has 0 radical (unpaired) electrons. The molecule has 0 saturated carbocycles. The van der Waals surface area contributed by atoms with Crippen LogP contribution in [0.4, 0.5) is 0 Å². The standard InChI is InChI=1S/C17H30N2S/c1-6-8-19(9-7-2)13-16-10-17(20-15(16)5)12-18-11-14(3)4/h6,10,14,18H,1,7-9,11-13H2,2-5H3. The first kappa shape index (κ1) is 17.4. The van der Waals surface area contributed by atoms with E-state index in [0.717, 1.165) is 32.7 Å². The van der Waals surface area contributed by atoms with Crippen LogP contribution >= 0.6 is 11.3 Å². The summed E-state index contributed by atoms with van der Waals surface area (Å²) < 4.78 is 0. The molecule has 0 aliphatic heterocycles. The van der Waals surface area contributed by atoms with Crippen LogP contribution in [0.1, 0.15) is 42.5 Å². The van der Waals surface area contributed by atoms with Gasteiger partial charge in [0.25, 0.3) is 0 Å². The van der Waals surface area contributed by atoms with E-state index in [-0.39, 0.29) is 0 Å². The van der Waals surface area contributed by atoms with Gasteiger partial charge in [0.1, 0.15) is 0 Å². The van der Waals surface area contributed by atoms with Crippen LogP contribution in [0.5, 0.6) is 0 Å². The summed E-state index contributed by atoms with van der Waals surface area (Å²) in [7, 11) is 0. The Hall–Kier alpha value is -0.640. The molecule has 1 rings (SSSR count). The van der Waals surface area contributed by atoms with Crippen LogP contribution in [-0.2, 0) is 13.1 Å². The van der Waals surface area contributed by atoms with Crippen molar-refractivity contribution in [3.63, 3.8) is 0 Å². The molecule has 0 unspecified atom stereocenters. The van der Waals surface area contributed by atoms with E-state index in [1.165, 1.54) is 21.7 Å². The predicted octanol–water partition coefficient (Wildman–Crippen LogP) is 4.20. The van der Waals surface area contributed by atoms with Crippen molar-refractivity contribution in [2.75, 3.05) is 19.6 Å². The molecule has 20 heavy (non-hydrogen) atoms. The molecule has 0 spiro atoms. The van der Waals surface area contributed by atoms with E-state index in [9.17, 15) is 0 Å². The van der Waals surface area contributed by atoms with Gasteiger partial charge >= 0.3 is 0 Å². The highest BCUT2D eigenvalue weighted by Crippen LogP contribution is 2.23. The van der Waals surface area contributed by atoms with E-state index >= 15 is 0 Å². The highest BCUT2D eigenvalue weighted by atomic mass is 32.1. The van der Waals surface area contributed by atoms with E-state index in [1.54, 1.807) is 0 Å². The summed E-state index contributed by atoms with van der Waals surface area (Å²) >= 11 is 1.93. The van der Waals surface area contributed by atoms with Crippen LogP contribution in [0.3, 0.4) is 0 Å². The fourth-order valence-corrected chi connectivity index (χ4v) is 3.31. The lowest BCUT2D eigenvalue weighted by Crippen LogP contribution is -2.24. The number of hydrogen-bond acceptors (Lipinski definition) is 3. The van der Waals surface area contributed by atoms with Crippen LogP contribution in [0, 0.1) is 12.8 Å². The monoisotopic (exact) mass is 294 g/mol. The summed E-state index contributed by atoms with van der Waals surface area (Å²) in [5.41, 5.74) is 1.48. The smallest absolute Gasteiger partial charge is 0.0300 e. The molecule has 0 atom stereocenters. The second-order valence-corrected chi connectivity index (χ2v) is 7.18. The number of rotatable bonds is 10. The van der Waals surface area contributed by atoms with Gasteiger partial charge in [0.05, 0.1) is 0 Å². The second kappa shape index (κ2) is 9.32. The lowest BCUT2D eigenvalue weighted by atomic mass is 10.2. The van der Waals surface area contributed by atoms with Crippen LogP contribution in [0.2, 0.25) is 0 Å². The average Bonchev–Trinajstić information content (AvgIpc) is 2.70. The van der Waals surface area contributed by atoms with Crippen molar-refractivity contribution in [1.29, 1.82) is 0 Å². The van der Waals surface area contributed by atoms with Gasteiger partial charge in [-0.15, -0.1) is 17.9 Å². The molecule has 2 nitrogen and oxygen atoms in total. The van der Waals surface area contributed by atoms with Crippen LogP contribution in [0.25, 0.3) is 0 Å². The third-order valence-electron chi connectivity index (χ3n) is 3.24. The first-order valence-electron chi connectivity index (χ1n) is 7.69. The Bertz CT molecular complexity index is 396. The van der Waals surface area contributed by atoms with Gasteiger partial charge in [-0.25, -0.2) is 0 Å². The summed E-state index contributed by atoms with van der Waals surface area (Å²) in [5.74, 6) is 0.711. The molecule has 0 aromatic carbocycles. The topological polar surface area (TPSA) is 15.3 Å². The Balaban J connectivity index is 2.57. The molecule has 1 aromatic rings. The van der Waals surface area contributed by atoms with Crippen LogP contribution in [0.15, 0.2) is 18.7 Å². The Morgan fingerprint density at radius 2 is 2.20 bits per heavy atom. The van der Waals surface area contributed by atoms with Crippen molar-refractivity contribution in [3.05, 3.63) is 34.0 Å². The Morgan fingerprint density at radius 1 is 1.45 bits per heavy atom. The molecule has 1 heterocycles. The Morgan fingerprint density at radius 3 is 2.80 bits per heavy atom. The molecule has 0 aliphatic rings. The van der Waals surface area contributed by atoms with Gasteiger partial charge < -0.3 is 5.32 Å². The van der Waals surface area contributed by atoms with Gasteiger partial charge in [0.15, 0.2) is 0 Å². The van der Waals surface area contributed by atoms with Crippen LogP contribution < -0.4 is 5.32 Å². The minimum absolute atomic E-state index is 0.711. The maximum absolute atomic E-state index is 3.86. The van der Waals surface area contributed by atoms with Gasteiger partial charge in [-0.05, 0) is 44.0 Å². The molecular formula is C17H30N2S. The first-order chi connectivity index (χ1) is 9.56. The zero-order valence-electron chi connectivity index (χ0n) is 13.5. The van der Waals surface area contributed by atoms with Crippen molar-refractivity contribution >= 4 is 11.3 Å². The molecule has 1 N–H and O–H groups in total. The minimum atomic E-state index is 0.711. The largest absolute Gasteiger partial charge is 0.312 e. The van der Waals surface area contributed by atoms with E-state index in [2.05, 4.69) is 50.6 Å². The molecule has 1 aromatic heterocycles. The third-order valence-corrected chi connectivity index (χ3v) is 4.34. The van der Waals surface area contributed by atoms with E-state index in [0.29, 0.717) is 5.92 Å². The third kappa shape index (κ3) is 6.21. The molecule has 0 saturated heterocycles. The second-order valence-electron chi connectivity index (χ2n) is 5.84. The lowest BCUT2D eigenvalue weighted by molar-refractivity contribution is 0.295. The molecule has 0 fully saturated rings. The number of thiophene rings is 1. The van der Waals surface area contributed by atoms with Gasteiger partial charge in [-0.2, -0.15) is 0 Å². The Labute approximate surface area is 128 Å². The van der Waals surface area contributed by atoms with Crippen molar-refractivity contribution in [2.24, 2.45) is 5.92 Å². The number of hydrogen-bond donors (Lipinski definition) is 1. The van der Waals surface area contributed by atoms with Gasteiger partial charge in [0, 0.05) is 29.4 Å². The highest BCUT2D eigenvalue weighted by Gasteiger charge is 2.09. The highest BCUT2D eigenvalue weighted by molar-refractivity contribution is 7.12. The van der Waals surface area contributed by atoms with Crippen LogP contribution in [-0.4, -0.2) is 24.5 Å². The SMILES string of the molecule is C=CCN(CCC)Cc1cc(CNCC(C)C)sc1C. The number of nitrogens with zero attached hydrogens (tertiary/aromatic N) is 1. The zero-order valence-corrected chi connectivity index (χ0v) is 14.4. The van der Waals surface area contributed by atoms with Gasteiger partial charge in [-0.1, -0.05) is 26.8 Å². The van der Waals surface area contributed by atoms with Gasteiger partial charge in [-0.3, -0.25) is 4.90 Å². The fourth-order valence-electron chi connectivity index (χ4n) is 2.29. The van der Waals surface area contributed by atoms with E-state index in [4.69, 9.17) is 0 Å². The number of aryl methyl sites for hydroxylation is 1. The molecule has 0 bridgehead atoms. The summed E-state index contributed by atoms with van der Waals surface area (Å²) in [6, 6.07) is 2.37. The van der Waals surface area contributed by atoms with Crippen molar-refractivity contribution in [1.82, 2.24) is 10.2 Å². The minimum Gasteiger partial charge on any atom is -0.312 e. The number of nitrogens with one attached hydrogen (secondary N) is 1. The predicted molar refractivity (Wildman–Crippen MR) is 91.4 cm³/mol. The van der Waals surface area contributed by atoms with Crippen molar-refractivity contribution < 1.29 is 0 Å². The summed E-state index contributed by atoms with van der Waals surface area (Å²) in [6.07, 6.45) is 3.20. The molecular weight excluding hydrogens is 264 g/mol. The molecule has 114 valence electrons. The summed E-state index contributed by atoms with van der Waals surface area (Å²) in [4.78, 5) is 5.37. The maximum Gasteiger partial charge on any atom is 0.0300 e. The summed E-state index contributed by atoms with van der Waals surface area (Å²) in [6.45, 7) is 18.1. The fraction of sp³-hybridized carbons (Fsp3) is 0.647. The maximum atomic E-state index is 3.86. The Kier molecular flexibility index (Phi) is 8.12.